The number of carbonyl (C=O) groups excluding carboxylic acids is 2. The molecular formula is C5H11ClFNO3. The first kappa shape index (κ1) is 16.6. The van der Waals surface area contributed by atoms with Crippen molar-refractivity contribution in [2.75, 3.05) is 6.61 Å². The maximum atomic E-state index is 9.59. The Morgan fingerprint density at radius 2 is 1.82 bits per heavy atom. The van der Waals surface area contributed by atoms with Crippen molar-refractivity contribution in [1.82, 2.24) is 0 Å². The Morgan fingerprint density at radius 3 is 1.82 bits per heavy atom. The molecule has 4 nitrogen and oxygen atoms in total. The summed E-state index contributed by atoms with van der Waals surface area (Å²) in [5, 5.41) is 0. The molecule has 0 atom stereocenters. The molecule has 0 bridgehead atoms. The molecule has 1 amide bonds. The SMILES string of the molecule is CC(N)=O.CCOC(=O)Cl.F. The van der Waals surface area contributed by atoms with Crippen LogP contribution in [0.5, 0.6) is 0 Å². The fourth-order valence-electron chi connectivity index (χ4n) is 0.113. The van der Waals surface area contributed by atoms with Crippen LogP contribution >= 0.6 is 11.6 Å². The van der Waals surface area contributed by atoms with Gasteiger partial charge in [0.05, 0.1) is 6.61 Å². The van der Waals surface area contributed by atoms with Crippen LogP contribution in [0.2, 0.25) is 0 Å². The van der Waals surface area contributed by atoms with Crippen molar-refractivity contribution in [2.24, 2.45) is 5.73 Å². The summed E-state index contributed by atoms with van der Waals surface area (Å²) in [6.07, 6.45) is 0. The van der Waals surface area contributed by atoms with E-state index in [1.54, 1.807) is 6.92 Å². The van der Waals surface area contributed by atoms with Gasteiger partial charge in [-0.25, -0.2) is 4.79 Å². The van der Waals surface area contributed by atoms with Gasteiger partial charge in [0, 0.05) is 18.5 Å². The lowest BCUT2D eigenvalue weighted by atomic mass is 10.8. The van der Waals surface area contributed by atoms with Crippen LogP contribution in [0.4, 0.5) is 9.50 Å². The summed E-state index contributed by atoms with van der Waals surface area (Å²) in [7, 11) is 0. The number of hydrogen-bond acceptors (Lipinski definition) is 3. The van der Waals surface area contributed by atoms with Gasteiger partial charge in [-0.2, -0.15) is 0 Å². The molecular weight excluding hydrogens is 177 g/mol. The van der Waals surface area contributed by atoms with Gasteiger partial charge >= 0.3 is 5.43 Å². The van der Waals surface area contributed by atoms with Crippen LogP contribution in [0, 0.1) is 0 Å². The lowest BCUT2D eigenvalue weighted by molar-refractivity contribution is -0.115. The van der Waals surface area contributed by atoms with Gasteiger partial charge < -0.3 is 10.5 Å². The van der Waals surface area contributed by atoms with E-state index >= 15 is 0 Å². The van der Waals surface area contributed by atoms with Crippen LogP contribution in [0.3, 0.4) is 0 Å². The first-order chi connectivity index (χ1) is 4.50. The summed E-state index contributed by atoms with van der Waals surface area (Å²) < 4.78 is 4.17. The highest BCUT2D eigenvalue weighted by Gasteiger charge is 1.86. The van der Waals surface area contributed by atoms with Crippen molar-refractivity contribution in [3.8, 4) is 0 Å². The second kappa shape index (κ2) is 11.9. The molecule has 0 aliphatic carbocycles. The lowest BCUT2D eigenvalue weighted by Gasteiger charge is -1.86. The number of rotatable bonds is 1. The molecule has 0 saturated heterocycles. The van der Waals surface area contributed by atoms with Crippen molar-refractivity contribution in [3.63, 3.8) is 0 Å². The molecule has 0 rings (SSSR count). The first-order valence-corrected chi connectivity index (χ1v) is 2.96. The molecule has 2 N–H and O–H groups in total. The highest BCUT2D eigenvalue weighted by Crippen LogP contribution is 1.82. The molecule has 68 valence electrons. The van der Waals surface area contributed by atoms with Gasteiger partial charge in [-0.3, -0.25) is 9.50 Å². The lowest BCUT2D eigenvalue weighted by Crippen LogP contribution is -2.01. The van der Waals surface area contributed by atoms with Crippen molar-refractivity contribution < 1.29 is 19.0 Å². The first-order valence-electron chi connectivity index (χ1n) is 2.59. The van der Waals surface area contributed by atoms with Gasteiger partial charge in [-0.05, 0) is 6.92 Å². The summed E-state index contributed by atoms with van der Waals surface area (Å²) >= 11 is 4.72. The third-order valence-corrected chi connectivity index (χ3v) is 0.367. The molecule has 11 heavy (non-hydrogen) atoms. The maximum absolute atomic E-state index is 9.59. The zero-order valence-corrected chi connectivity index (χ0v) is 7.05. The Labute approximate surface area is 69.0 Å². The smallest absolute Gasteiger partial charge is 0.403 e. The average molecular weight is 188 g/mol. The molecule has 0 aromatic heterocycles. The van der Waals surface area contributed by atoms with Gasteiger partial charge in [0.25, 0.3) is 0 Å². The van der Waals surface area contributed by atoms with Gasteiger partial charge in [-0.1, -0.05) is 0 Å². The summed E-state index contributed by atoms with van der Waals surface area (Å²) in [6.45, 7) is 3.35. The second-order valence-corrected chi connectivity index (χ2v) is 1.59. The Morgan fingerprint density at radius 1 is 1.55 bits per heavy atom. The van der Waals surface area contributed by atoms with E-state index in [0.29, 0.717) is 6.61 Å². The summed E-state index contributed by atoms with van der Waals surface area (Å²) in [4.78, 5) is 18.8. The minimum absolute atomic E-state index is 0. The van der Waals surface area contributed by atoms with E-state index in [2.05, 4.69) is 10.5 Å². The van der Waals surface area contributed by atoms with Crippen molar-refractivity contribution in [3.05, 3.63) is 0 Å². The van der Waals surface area contributed by atoms with Crippen LogP contribution in [0.25, 0.3) is 0 Å². The van der Waals surface area contributed by atoms with E-state index in [9.17, 15) is 9.59 Å². The fourth-order valence-corrected chi connectivity index (χ4v) is 0.223. The Bertz CT molecular complexity index is 116. The monoisotopic (exact) mass is 187 g/mol. The summed E-state index contributed by atoms with van der Waals surface area (Å²) in [5.74, 6) is -0.333. The largest absolute Gasteiger partial charge is 0.454 e. The molecule has 0 aromatic carbocycles. The van der Waals surface area contributed by atoms with Gasteiger partial charge in [0.2, 0.25) is 5.91 Å². The van der Waals surface area contributed by atoms with Gasteiger partial charge in [-0.15, -0.1) is 0 Å². The van der Waals surface area contributed by atoms with E-state index in [4.69, 9.17) is 11.6 Å². The molecule has 0 unspecified atom stereocenters. The average Bonchev–Trinajstić information content (AvgIpc) is 1.62. The van der Waals surface area contributed by atoms with Crippen LogP contribution < -0.4 is 5.73 Å². The number of amides is 1. The third-order valence-electron chi connectivity index (χ3n) is 0.258. The number of halogens is 2. The molecule has 0 fully saturated rings. The summed E-state index contributed by atoms with van der Waals surface area (Å²) in [6, 6.07) is 0. The fraction of sp³-hybridized carbons (Fsp3) is 0.600. The molecule has 0 spiro atoms. The molecule has 0 aromatic rings. The van der Waals surface area contributed by atoms with Crippen LogP contribution in [-0.2, 0) is 9.53 Å². The van der Waals surface area contributed by atoms with Crippen molar-refractivity contribution >= 4 is 22.9 Å². The summed E-state index contributed by atoms with van der Waals surface area (Å²) in [5.41, 5.74) is 3.73. The van der Waals surface area contributed by atoms with Crippen LogP contribution in [-0.4, -0.2) is 17.9 Å². The molecule has 0 radical (unpaired) electrons. The van der Waals surface area contributed by atoms with E-state index in [1.807, 2.05) is 0 Å². The van der Waals surface area contributed by atoms with E-state index in [-0.39, 0.29) is 10.6 Å². The maximum Gasteiger partial charge on any atom is 0.403 e. The zero-order chi connectivity index (χ0) is 8.57. The minimum atomic E-state index is -0.738. The Balaban J connectivity index is -0.000000114. The number of nitrogens with two attached hydrogens (primary N) is 1. The molecule has 0 heterocycles. The number of primary amides is 1. The highest BCUT2D eigenvalue weighted by molar-refractivity contribution is 6.61. The van der Waals surface area contributed by atoms with Gasteiger partial charge in [0.1, 0.15) is 0 Å². The minimum Gasteiger partial charge on any atom is -0.454 e. The standard InChI is InChI=1S/C3H5ClO2.C2H5NO.FH/c1-2-6-3(4)5;1-2(3)4;/h2H2,1H3;1H3,(H2,3,4);1H. The van der Waals surface area contributed by atoms with Crippen molar-refractivity contribution in [2.45, 2.75) is 13.8 Å². The number of carbonyl (C=O) groups is 2. The molecule has 0 aliphatic heterocycles. The predicted octanol–water partition coefficient (Wildman–Crippen LogP) is 1.03. The van der Waals surface area contributed by atoms with E-state index in [0.717, 1.165) is 0 Å². The van der Waals surface area contributed by atoms with Crippen LogP contribution in [0.1, 0.15) is 13.8 Å². The quantitative estimate of drug-likeness (QED) is 0.624. The van der Waals surface area contributed by atoms with E-state index in [1.165, 1.54) is 6.92 Å². The third kappa shape index (κ3) is 101. The normalized spacial score (nSPS) is 6.45. The molecule has 0 saturated carbocycles. The zero-order valence-electron chi connectivity index (χ0n) is 6.30. The molecule has 6 heteroatoms. The van der Waals surface area contributed by atoms with Crippen molar-refractivity contribution in [1.29, 1.82) is 0 Å². The topological polar surface area (TPSA) is 69.4 Å². The van der Waals surface area contributed by atoms with Crippen LogP contribution in [0.15, 0.2) is 0 Å². The second-order valence-electron chi connectivity index (χ2n) is 1.28. The predicted molar refractivity (Wildman–Crippen MR) is 40.2 cm³/mol. The Hall–Kier alpha value is -0.840. The number of hydrogen-bond donors (Lipinski definition) is 1. The Kier molecular flexibility index (Phi) is 18.0. The highest BCUT2D eigenvalue weighted by atomic mass is 35.5. The number of ether oxygens (including phenoxy) is 1. The molecule has 0 aliphatic rings. The van der Waals surface area contributed by atoms with Gasteiger partial charge in [0.15, 0.2) is 0 Å². The van der Waals surface area contributed by atoms with E-state index < -0.39 is 5.43 Å².